The van der Waals surface area contributed by atoms with Crippen molar-refractivity contribution in [2.75, 3.05) is 19.6 Å². The topological polar surface area (TPSA) is 78.3 Å². The van der Waals surface area contributed by atoms with Gasteiger partial charge in [-0.1, -0.05) is 0 Å². The predicted octanol–water partition coefficient (Wildman–Crippen LogP) is 2.09. The van der Waals surface area contributed by atoms with Crippen molar-refractivity contribution in [2.24, 2.45) is 7.05 Å². The van der Waals surface area contributed by atoms with E-state index < -0.39 is 0 Å². The van der Waals surface area contributed by atoms with E-state index in [1.807, 2.05) is 25.5 Å². The van der Waals surface area contributed by atoms with Crippen LogP contribution in [0.2, 0.25) is 0 Å². The van der Waals surface area contributed by atoms with Crippen molar-refractivity contribution in [3.63, 3.8) is 0 Å². The number of likely N-dealkylation sites (tertiary alicyclic amines) is 1. The molecule has 0 saturated carbocycles. The fraction of sp³-hybridized carbons (Fsp3) is 0.500. The molecule has 25 heavy (non-hydrogen) atoms. The molecular weight excluding hydrogens is 318 g/mol. The number of rotatable bonds is 7. The molecule has 1 amide bonds. The van der Waals surface area contributed by atoms with Gasteiger partial charge in [0.05, 0.1) is 38.0 Å². The molecule has 1 fully saturated rings. The minimum Gasteiger partial charge on any atom is -0.467 e. The molecule has 2 aromatic heterocycles. The van der Waals surface area contributed by atoms with Gasteiger partial charge in [-0.3, -0.25) is 14.4 Å². The first-order valence-corrected chi connectivity index (χ1v) is 8.57. The number of amides is 1. The second kappa shape index (κ2) is 7.99. The minimum atomic E-state index is 0.0300. The first kappa shape index (κ1) is 17.2. The molecule has 2 aromatic rings. The van der Waals surface area contributed by atoms with Crippen LogP contribution in [0, 0.1) is 11.3 Å². The van der Waals surface area contributed by atoms with E-state index in [2.05, 4.69) is 16.1 Å². The van der Waals surface area contributed by atoms with E-state index in [9.17, 15) is 4.79 Å². The summed E-state index contributed by atoms with van der Waals surface area (Å²) in [4.78, 5) is 16.7. The van der Waals surface area contributed by atoms with Crippen LogP contribution < -0.4 is 0 Å². The van der Waals surface area contributed by atoms with Gasteiger partial charge < -0.3 is 9.32 Å². The number of carbonyl (C=O) groups excluding carboxylic acids is 1. The largest absolute Gasteiger partial charge is 0.467 e. The van der Waals surface area contributed by atoms with E-state index in [1.54, 1.807) is 21.9 Å². The van der Waals surface area contributed by atoms with Gasteiger partial charge in [0.2, 0.25) is 5.91 Å². The Kier molecular flexibility index (Phi) is 5.51. The molecule has 1 aliphatic heterocycles. The number of hydrogen-bond donors (Lipinski definition) is 0. The Morgan fingerprint density at radius 2 is 2.44 bits per heavy atom. The quantitative estimate of drug-likeness (QED) is 0.770. The lowest BCUT2D eigenvalue weighted by Crippen LogP contribution is -2.40. The molecule has 3 heterocycles. The predicted molar refractivity (Wildman–Crippen MR) is 91.1 cm³/mol. The van der Waals surface area contributed by atoms with Crippen LogP contribution in [0.1, 0.15) is 36.6 Å². The number of carbonyl (C=O) groups is 1. The highest BCUT2D eigenvalue weighted by Gasteiger charge is 2.30. The zero-order valence-corrected chi connectivity index (χ0v) is 14.5. The van der Waals surface area contributed by atoms with Crippen molar-refractivity contribution in [1.29, 1.82) is 5.26 Å². The van der Waals surface area contributed by atoms with E-state index in [-0.39, 0.29) is 11.9 Å². The molecule has 132 valence electrons. The van der Waals surface area contributed by atoms with Crippen molar-refractivity contribution < 1.29 is 9.21 Å². The third kappa shape index (κ3) is 4.28. The average Bonchev–Trinajstić information content (AvgIpc) is 3.33. The van der Waals surface area contributed by atoms with Gasteiger partial charge in [0.15, 0.2) is 0 Å². The zero-order chi connectivity index (χ0) is 17.6. The first-order valence-electron chi connectivity index (χ1n) is 8.57. The highest BCUT2D eigenvalue weighted by Crippen LogP contribution is 2.31. The SMILES string of the molecule is Cn1cc(C2CCCN2CC(=O)N(CCC#N)Cc2ccco2)cn1. The van der Waals surface area contributed by atoms with Gasteiger partial charge in [0.1, 0.15) is 5.76 Å². The maximum Gasteiger partial charge on any atom is 0.237 e. The van der Waals surface area contributed by atoms with Gasteiger partial charge in [-0.2, -0.15) is 10.4 Å². The lowest BCUT2D eigenvalue weighted by molar-refractivity contribution is -0.133. The second-order valence-corrected chi connectivity index (χ2v) is 6.38. The van der Waals surface area contributed by atoms with Crippen molar-refractivity contribution in [3.05, 3.63) is 42.1 Å². The molecule has 0 radical (unpaired) electrons. The molecule has 7 nitrogen and oxygen atoms in total. The van der Waals surface area contributed by atoms with E-state index in [1.165, 1.54) is 0 Å². The van der Waals surface area contributed by atoms with Crippen molar-refractivity contribution in [3.8, 4) is 6.07 Å². The van der Waals surface area contributed by atoms with Gasteiger partial charge in [-0.15, -0.1) is 0 Å². The summed E-state index contributed by atoms with van der Waals surface area (Å²) in [5, 5.41) is 13.1. The summed E-state index contributed by atoms with van der Waals surface area (Å²) in [7, 11) is 1.90. The summed E-state index contributed by atoms with van der Waals surface area (Å²) in [6, 6.07) is 6.00. The van der Waals surface area contributed by atoms with E-state index >= 15 is 0 Å². The first-order chi connectivity index (χ1) is 12.2. The van der Waals surface area contributed by atoms with Gasteiger partial charge in [-0.05, 0) is 31.5 Å². The zero-order valence-electron chi connectivity index (χ0n) is 14.5. The number of nitrogens with zero attached hydrogens (tertiary/aromatic N) is 5. The number of nitriles is 1. The summed E-state index contributed by atoms with van der Waals surface area (Å²) in [6.07, 6.45) is 7.92. The highest BCUT2D eigenvalue weighted by molar-refractivity contribution is 5.78. The van der Waals surface area contributed by atoms with Crippen LogP contribution in [0.15, 0.2) is 35.2 Å². The summed E-state index contributed by atoms with van der Waals surface area (Å²) in [5.74, 6) is 0.763. The molecule has 0 N–H and O–H groups in total. The molecule has 0 aliphatic carbocycles. The molecular formula is C18H23N5O2. The standard InChI is InChI=1S/C18H23N5O2/c1-21-12-15(11-20-21)17-6-2-8-22(17)14-18(24)23(9-4-7-19)13-16-5-3-10-25-16/h3,5,10-12,17H,2,4,6,8-9,13-14H2,1H3. The normalized spacial score (nSPS) is 17.5. The average molecular weight is 341 g/mol. The van der Waals surface area contributed by atoms with Crippen LogP contribution >= 0.6 is 0 Å². The van der Waals surface area contributed by atoms with Crippen LogP contribution in [0.5, 0.6) is 0 Å². The van der Waals surface area contributed by atoms with Crippen molar-refractivity contribution >= 4 is 5.91 Å². The third-order valence-electron chi connectivity index (χ3n) is 4.58. The maximum atomic E-state index is 12.8. The molecule has 0 spiro atoms. The summed E-state index contributed by atoms with van der Waals surface area (Å²) in [6.45, 7) is 2.07. The summed E-state index contributed by atoms with van der Waals surface area (Å²) in [5.41, 5.74) is 1.16. The van der Waals surface area contributed by atoms with Crippen LogP contribution in [0.3, 0.4) is 0 Å². The minimum absolute atomic E-state index is 0.0300. The fourth-order valence-electron chi connectivity index (χ4n) is 3.35. The van der Waals surface area contributed by atoms with Crippen LogP contribution in [-0.2, 0) is 18.4 Å². The number of aromatic nitrogens is 2. The summed E-state index contributed by atoms with van der Waals surface area (Å²) >= 11 is 0. The molecule has 0 bridgehead atoms. The number of aryl methyl sites for hydroxylation is 1. The van der Waals surface area contributed by atoms with E-state index in [0.717, 1.165) is 30.7 Å². The maximum absolute atomic E-state index is 12.8. The molecule has 3 rings (SSSR count). The monoisotopic (exact) mass is 341 g/mol. The third-order valence-corrected chi connectivity index (χ3v) is 4.58. The van der Waals surface area contributed by atoms with E-state index in [4.69, 9.17) is 9.68 Å². The van der Waals surface area contributed by atoms with Gasteiger partial charge in [0.25, 0.3) is 0 Å². The second-order valence-electron chi connectivity index (χ2n) is 6.38. The van der Waals surface area contributed by atoms with E-state index in [0.29, 0.717) is 26.1 Å². The Balaban J connectivity index is 1.66. The van der Waals surface area contributed by atoms with Crippen LogP contribution in [0.4, 0.5) is 0 Å². The molecule has 1 unspecified atom stereocenters. The number of hydrogen-bond acceptors (Lipinski definition) is 5. The van der Waals surface area contributed by atoms with Crippen LogP contribution in [0.25, 0.3) is 0 Å². The Labute approximate surface area is 147 Å². The van der Waals surface area contributed by atoms with Crippen molar-refractivity contribution in [1.82, 2.24) is 19.6 Å². The highest BCUT2D eigenvalue weighted by atomic mass is 16.3. The van der Waals surface area contributed by atoms with Crippen molar-refractivity contribution in [2.45, 2.75) is 31.8 Å². The lowest BCUT2D eigenvalue weighted by Gasteiger charge is -2.27. The molecule has 1 atom stereocenters. The Morgan fingerprint density at radius 3 is 3.12 bits per heavy atom. The van der Waals surface area contributed by atoms with Gasteiger partial charge in [0, 0.05) is 31.4 Å². The molecule has 1 aliphatic rings. The molecule has 0 aromatic carbocycles. The molecule has 1 saturated heterocycles. The number of furan rings is 1. The van der Waals surface area contributed by atoms with Gasteiger partial charge >= 0.3 is 0 Å². The smallest absolute Gasteiger partial charge is 0.237 e. The van der Waals surface area contributed by atoms with Crippen LogP contribution in [-0.4, -0.2) is 45.1 Å². The Morgan fingerprint density at radius 1 is 1.56 bits per heavy atom. The lowest BCUT2D eigenvalue weighted by atomic mass is 10.1. The van der Waals surface area contributed by atoms with Gasteiger partial charge in [-0.25, -0.2) is 0 Å². The Hall–Kier alpha value is -2.59. The summed E-state index contributed by atoms with van der Waals surface area (Å²) < 4.78 is 7.15. The Bertz CT molecular complexity index is 731. The molecule has 7 heteroatoms. The fourth-order valence-corrected chi connectivity index (χ4v) is 3.35.